The molecule has 3 rings (SSSR count). The molecule has 10 heteroatoms. The number of thioether (sulfide) groups is 1. The Kier molecular flexibility index (Phi) is 7.03. The Morgan fingerprint density at radius 2 is 1.65 bits per heavy atom. The lowest BCUT2D eigenvalue weighted by molar-refractivity contribution is -0.131. The summed E-state index contributed by atoms with van der Waals surface area (Å²) in [6.07, 6.45) is 1.51. The zero-order chi connectivity index (χ0) is 22.4. The lowest BCUT2D eigenvalue weighted by atomic mass is 10.2. The first-order chi connectivity index (χ1) is 15.0. The fraction of sp³-hybridized carbons (Fsp3) is 0.190. The summed E-state index contributed by atoms with van der Waals surface area (Å²) in [4.78, 5) is 16.2. The first kappa shape index (κ1) is 22.0. The minimum Gasteiger partial charge on any atom is -0.497 e. The second-order valence-electron chi connectivity index (χ2n) is 6.10. The summed E-state index contributed by atoms with van der Waals surface area (Å²) in [5, 5.41) is 16.8. The molecule has 0 spiro atoms. The number of carboxylic acids is 1. The number of hydrogen-bond donors (Lipinski definition) is 2. The van der Waals surface area contributed by atoms with Gasteiger partial charge in [0.2, 0.25) is 5.16 Å². The molecule has 0 atom stereocenters. The monoisotopic (exact) mass is 443 g/mol. The van der Waals surface area contributed by atoms with Crippen LogP contribution in [0.4, 0.5) is 0 Å². The maximum absolute atomic E-state index is 11.8. The predicted octanol–water partition coefficient (Wildman–Crippen LogP) is 3.72. The average molecular weight is 443 g/mol. The number of carboxylic acid groups (broad SMARTS) is 1. The van der Waals surface area contributed by atoms with Gasteiger partial charge in [-0.15, -0.1) is 5.10 Å². The van der Waals surface area contributed by atoms with Crippen molar-refractivity contribution < 1.29 is 28.8 Å². The van der Waals surface area contributed by atoms with E-state index in [9.17, 15) is 9.90 Å². The van der Waals surface area contributed by atoms with Crippen molar-refractivity contribution in [2.45, 2.75) is 5.16 Å². The molecule has 31 heavy (non-hydrogen) atoms. The van der Waals surface area contributed by atoms with Crippen LogP contribution in [0.3, 0.4) is 0 Å². The van der Waals surface area contributed by atoms with Crippen LogP contribution in [0.5, 0.6) is 23.0 Å². The van der Waals surface area contributed by atoms with Crippen LogP contribution in [-0.4, -0.2) is 54.7 Å². The van der Waals surface area contributed by atoms with Crippen molar-refractivity contribution in [1.29, 1.82) is 0 Å². The number of H-pyrrole nitrogens is 1. The van der Waals surface area contributed by atoms with Gasteiger partial charge in [0.25, 0.3) is 0 Å². The molecule has 0 amide bonds. The molecule has 0 radical (unpaired) electrons. The summed E-state index contributed by atoms with van der Waals surface area (Å²) in [6.45, 7) is 0. The summed E-state index contributed by atoms with van der Waals surface area (Å²) in [5.41, 5.74) is 1.33. The molecule has 2 N–H and O–H groups in total. The van der Waals surface area contributed by atoms with Crippen molar-refractivity contribution in [3.63, 3.8) is 0 Å². The van der Waals surface area contributed by atoms with Gasteiger partial charge in [0.15, 0.2) is 17.3 Å². The summed E-state index contributed by atoms with van der Waals surface area (Å²) in [7, 11) is 6.15. The highest BCUT2D eigenvalue weighted by Gasteiger charge is 2.16. The van der Waals surface area contributed by atoms with Crippen LogP contribution in [0.25, 0.3) is 17.5 Å². The van der Waals surface area contributed by atoms with Gasteiger partial charge in [0.05, 0.1) is 28.4 Å². The Bertz CT molecular complexity index is 1090. The lowest BCUT2D eigenvalue weighted by Gasteiger charge is -2.08. The summed E-state index contributed by atoms with van der Waals surface area (Å²) >= 11 is 0.924. The Morgan fingerprint density at radius 1 is 0.968 bits per heavy atom. The van der Waals surface area contributed by atoms with Crippen molar-refractivity contribution in [2.24, 2.45) is 0 Å². The Balaban J connectivity index is 1.88. The van der Waals surface area contributed by atoms with E-state index in [0.29, 0.717) is 39.9 Å². The standard InChI is InChI=1S/C21H21N3O6S/c1-27-14-9-13(10-15(11-14)28-2)19-22-21(24-23-19)31-18(20(25)26)8-12-5-6-16(29-3)17(7-12)30-4/h5-11H,1-4H3,(H,25,26)(H,22,23,24)/b18-8-. The van der Waals surface area contributed by atoms with E-state index in [2.05, 4.69) is 15.2 Å². The molecule has 0 aliphatic rings. The number of aromatic amines is 1. The first-order valence-electron chi connectivity index (χ1n) is 8.98. The molecule has 0 unspecified atom stereocenters. The molecule has 0 aliphatic carbocycles. The van der Waals surface area contributed by atoms with E-state index >= 15 is 0 Å². The van der Waals surface area contributed by atoms with Crippen molar-refractivity contribution in [3.05, 3.63) is 46.9 Å². The molecule has 9 nitrogen and oxygen atoms in total. The van der Waals surface area contributed by atoms with Gasteiger partial charge in [-0.25, -0.2) is 9.78 Å². The van der Waals surface area contributed by atoms with E-state index in [4.69, 9.17) is 18.9 Å². The van der Waals surface area contributed by atoms with Gasteiger partial charge in [-0.3, -0.25) is 5.10 Å². The van der Waals surface area contributed by atoms with E-state index in [1.54, 1.807) is 50.6 Å². The summed E-state index contributed by atoms with van der Waals surface area (Å²) in [6, 6.07) is 10.4. The molecule has 0 saturated carbocycles. The van der Waals surface area contributed by atoms with E-state index in [0.717, 1.165) is 11.8 Å². The number of nitrogens with one attached hydrogen (secondary N) is 1. The molecule has 0 aliphatic heterocycles. The third-order valence-corrected chi connectivity index (χ3v) is 5.08. The highest BCUT2D eigenvalue weighted by atomic mass is 32.2. The number of aliphatic carboxylic acids is 1. The molecule has 2 aromatic carbocycles. The van der Waals surface area contributed by atoms with Crippen LogP contribution >= 0.6 is 11.8 Å². The number of benzene rings is 2. The second kappa shape index (κ2) is 9.90. The van der Waals surface area contributed by atoms with E-state index in [-0.39, 0.29) is 10.1 Å². The van der Waals surface area contributed by atoms with Gasteiger partial charge >= 0.3 is 5.97 Å². The number of aromatic nitrogens is 3. The number of nitrogens with zero attached hydrogens (tertiary/aromatic N) is 2. The van der Waals surface area contributed by atoms with Crippen molar-refractivity contribution >= 4 is 23.8 Å². The molecule has 0 fully saturated rings. The molecule has 3 aromatic rings. The lowest BCUT2D eigenvalue weighted by Crippen LogP contribution is -1.97. The van der Waals surface area contributed by atoms with E-state index < -0.39 is 5.97 Å². The second-order valence-corrected chi connectivity index (χ2v) is 7.11. The number of hydrogen-bond acceptors (Lipinski definition) is 8. The zero-order valence-corrected chi connectivity index (χ0v) is 18.1. The van der Waals surface area contributed by atoms with Gasteiger partial charge in [-0.2, -0.15) is 0 Å². The van der Waals surface area contributed by atoms with Crippen LogP contribution in [0.2, 0.25) is 0 Å². The number of methoxy groups -OCH3 is 4. The van der Waals surface area contributed by atoms with Gasteiger partial charge < -0.3 is 24.1 Å². The molecule has 1 heterocycles. The normalized spacial score (nSPS) is 11.2. The number of ether oxygens (including phenoxy) is 4. The van der Waals surface area contributed by atoms with Crippen molar-refractivity contribution in [3.8, 4) is 34.4 Å². The van der Waals surface area contributed by atoms with Crippen LogP contribution in [-0.2, 0) is 4.79 Å². The van der Waals surface area contributed by atoms with Gasteiger partial charge in [-0.05, 0) is 47.7 Å². The zero-order valence-electron chi connectivity index (χ0n) is 17.3. The fourth-order valence-electron chi connectivity index (χ4n) is 2.69. The Hall–Kier alpha value is -3.66. The van der Waals surface area contributed by atoms with Crippen LogP contribution in [0, 0.1) is 0 Å². The quantitative estimate of drug-likeness (QED) is 0.377. The van der Waals surface area contributed by atoms with Gasteiger partial charge in [-0.1, -0.05) is 6.07 Å². The highest BCUT2D eigenvalue weighted by molar-refractivity contribution is 8.04. The minimum absolute atomic E-state index is 0.0426. The topological polar surface area (TPSA) is 116 Å². The predicted molar refractivity (Wildman–Crippen MR) is 116 cm³/mol. The minimum atomic E-state index is -1.10. The molecule has 1 aromatic heterocycles. The molecular formula is C21H21N3O6S. The molecule has 0 saturated heterocycles. The summed E-state index contributed by atoms with van der Waals surface area (Å²) < 4.78 is 21.0. The third kappa shape index (κ3) is 5.28. The Labute approximate surface area is 183 Å². The number of rotatable bonds is 9. The van der Waals surface area contributed by atoms with Crippen molar-refractivity contribution in [1.82, 2.24) is 15.2 Å². The summed E-state index contributed by atoms with van der Waals surface area (Å²) in [5.74, 6) is 1.60. The maximum atomic E-state index is 11.8. The molecule has 162 valence electrons. The molecule has 0 bridgehead atoms. The average Bonchev–Trinajstić information content (AvgIpc) is 3.26. The van der Waals surface area contributed by atoms with Gasteiger partial charge in [0, 0.05) is 11.6 Å². The van der Waals surface area contributed by atoms with E-state index in [1.807, 2.05) is 0 Å². The Morgan fingerprint density at radius 3 is 2.23 bits per heavy atom. The van der Waals surface area contributed by atoms with Crippen LogP contribution < -0.4 is 18.9 Å². The fourth-order valence-corrected chi connectivity index (χ4v) is 3.40. The van der Waals surface area contributed by atoms with Crippen LogP contribution in [0.15, 0.2) is 46.5 Å². The maximum Gasteiger partial charge on any atom is 0.342 e. The number of carbonyl (C=O) groups is 1. The highest BCUT2D eigenvalue weighted by Crippen LogP contribution is 2.33. The smallest absolute Gasteiger partial charge is 0.342 e. The SMILES string of the molecule is COc1cc(OC)cc(-c2nc(S/C(=C\c3ccc(OC)c(OC)c3)C(=O)O)n[nH]2)c1. The third-order valence-electron chi connectivity index (χ3n) is 4.21. The van der Waals surface area contributed by atoms with Gasteiger partial charge in [0.1, 0.15) is 16.4 Å². The first-order valence-corrected chi connectivity index (χ1v) is 9.79. The largest absolute Gasteiger partial charge is 0.497 e. The molecular weight excluding hydrogens is 422 g/mol. The van der Waals surface area contributed by atoms with Crippen LogP contribution in [0.1, 0.15) is 5.56 Å². The van der Waals surface area contributed by atoms with E-state index in [1.165, 1.54) is 20.3 Å². The van der Waals surface area contributed by atoms with Crippen molar-refractivity contribution in [2.75, 3.05) is 28.4 Å².